The van der Waals surface area contributed by atoms with E-state index in [2.05, 4.69) is 6.92 Å². The minimum Gasteiger partial charge on any atom is -0.449 e. The van der Waals surface area contributed by atoms with E-state index in [4.69, 9.17) is 21.8 Å². The zero-order chi connectivity index (χ0) is 10.4. The Balaban J connectivity index is 2.15. The van der Waals surface area contributed by atoms with Crippen molar-refractivity contribution in [3.63, 3.8) is 0 Å². The Morgan fingerprint density at radius 2 is 2.36 bits per heavy atom. The lowest BCUT2D eigenvalue weighted by molar-refractivity contribution is 0.532. The number of halogens is 1. The van der Waals surface area contributed by atoms with E-state index in [1.54, 1.807) is 17.8 Å². The molecule has 0 bridgehead atoms. The number of thioether (sulfide) groups is 1. The Labute approximate surface area is 94.2 Å². The van der Waals surface area contributed by atoms with Crippen LogP contribution in [-0.4, -0.2) is 11.8 Å². The van der Waals surface area contributed by atoms with Gasteiger partial charge in [-0.25, -0.2) is 0 Å². The van der Waals surface area contributed by atoms with E-state index in [1.165, 1.54) is 0 Å². The minimum absolute atomic E-state index is 0.301. The molecule has 0 aliphatic heterocycles. The molecule has 0 aliphatic carbocycles. The first-order valence-corrected chi connectivity index (χ1v) is 6.33. The van der Waals surface area contributed by atoms with E-state index < -0.39 is 0 Å². The van der Waals surface area contributed by atoms with E-state index in [1.807, 2.05) is 6.07 Å². The van der Waals surface area contributed by atoms with Crippen LogP contribution in [0.2, 0.25) is 5.22 Å². The van der Waals surface area contributed by atoms with E-state index in [-0.39, 0.29) is 0 Å². The highest BCUT2D eigenvalue weighted by molar-refractivity contribution is 7.98. The summed E-state index contributed by atoms with van der Waals surface area (Å²) in [5.74, 6) is 2.75. The lowest BCUT2D eigenvalue weighted by Gasteiger charge is -2.08. The molecule has 1 aromatic heterocycles. The Morgan fingerprint density at radius 1 is 1.57 bits per heavy atom. The van der Waals surface area contributed by atoms with Crippen LogP contribution in [0, 0.1) is 0 Å². The molecule has 0 radical (unpaired) electrons. The van der Waals surface area contributed by atoms with Gasteiger partial charge in [-0.3, -0.25) is 0 Å². The van der Waals surface area contributed by atoms with Gasteiger partial charge in [0, 0.05) is 11.8 Å². The summed E-state index contributed by atoms with van der Waals surface area (Å²) in [6.45, 7) is 2.15. The molecule has 14 heavy (non-hydrogen) atoms. The maximum absolute atomic E-state index is 5.88. The normalized spacial score (nSPS) is 13.1. The van der Waals surface area contributed by atoms with Crippen molar-refractivity contribution in [3.8, 4) is 0 Å². The molecule has 0 saturated carbocycles. The van der Waals surface area contributed by atoms with E-state index in [0.29, 0.717) is 11.3 Å². The van der Waals surface area contributed by atoms with Crippen molar-refractivity contribution >= 4 is 23.4 Å². The average molecular weight is 234 g/mol. The van der Waals surface area contributed by atoms with Gasteiger partial charge in [-0.1, -0.05) is 13.3 Å². The van der Waals surface area contributed by atoms with Crippen LogP contribution in [0.4, 0.5) is 0 Å². The number of furan rings is 1. The molecule has 2 nitrogen and oxygen atoms in total. The largest absolute Gasteiger partial charge is 0.449 e. The lowest BCUT2D eigenvalue weighted by Crippen LogP contribution is -2.22. The smallest absolute Gasteiger partial charge is 0.193 e. The fourth-order valence-corrected chi connectivity index (χ4v) is 2.30. The molecule has 0 spiro atoms. The highest BCUT2D eigenvalue weighted by atomic mass is 35.5. The quantitative estimate of drug-likeness (QED) is 0.820. The van der Waals surface area contributed by atoms with Gasteiger partial charge in [-0.2, -0.15) is 11.8 Å². The molecule has 4 heteroatoms. The third-order valence-corrected chi connectivity index (χ3v) is 3.22. The number of nitrogens with two attached hydrogens (primary N) is 1. The van der Waals surface area contributed by atoms with Gasteiger partial charge in [-0.15, -0.1) is 0 Å². The van der Waals surface area contributed by atoms with E-state index in [0.717, 1.165) is 30.1 Å². The Hall–Kier alpha value is -0.120. The number of rotatable bonds is 6. The Bertz CT molecular complexity index is 264. The summed E-state index contributed by atoms with van der Waals surface area (Å²) < 4.78 is 5.23. The minimum atomic E-state index is 0.301. The standard InChI is InChI=1S/C10H16ClNOS/c1-2-3-8(12)6-14-7-9-4-5-10(11)13-9/h4-5,8H,2-3,6-7,12H2,1H3. The van der Waals surface area contributed by atoms with Crippen LogP contribution in [0.25, 0.3) is 0 Å². The van der Waals surface area contributed by atoms with Crippen molar-refractivity contribution in [2.45, 2.75) is 31.6 Å². The van der Waals surface area contributed by atoms with Crippen LogP contribution in [-0.2, 0) is 5.75 Å². The fraction of sp³-hybridized carbons (Fsp3) is 0.600. The van der Waals surface area contributed by atoms with Gasteiger partial charge in [0.05, 0.1) is 5.75 Å². The second kappa shape index (κ2) is 6.38. The third kappa shape index (κ3) is 4.40. The van der Waals surface area contributed by atoms with Crippen molar-refractivity contribution in [1.82, 2.24) is 0 Å². The summed E-state index contributed by atoms with van der Waals surface area (Å²) in [7, 11) is 0. The van der Waals surface area contributed by atoms with Crippen molar-refractivity contribution in [1.29, 1.82) is 0 Å². The number of hydrogen-bond acceptors (Lipinski definition) is 3. The molecule has 1 heterocycles. The maximum Gasteiger partial charge on any atom is 0.193 e. The van der Waals surface area contributed by atoms with Crippen LogP contribution in [0.5, 0.6) is 0 Å². The molecule has 0 amide bonds. The van der Waals surface area contributed by atoms with Crippen LogP contribution < -0.4 is 5.73 Å². The zero-order valence-corrected chi connectivity index (χ0v) is 9.90. The predicted molar refractivity (Wildman–Crippen MR) is 62.8 cm³/mol. The van der Waals surface area contributed by atoms with Gasteiger partial charge in [0.15, 0.2) is 5.22 Å². The van der Waals surface area contributed by atoms with Gasteiger partial charge in [0.2, 0.25) is 0 Å². The van der Waals surface area contributed by atoms with Crippen molar-refractivity contribution in [3.05, 3.63) is 23.1 Å². The monoisotopic (exact) mass is 233 g/mol. The molecule has 0 fully saturated rings. The molecule has 0 saturated heterocycles. The first-order valence-electron chi connectivity index (χ1n) is 4.80. The topological polar surface area (TPSA) is 39.2 Å². The van der Waals surface area contributed by atoms with Crippen LogP contribution in [0.1, 0.15) is 25.5 Å². The zero-order valence-electron chi connectivity index (χ0n) is 8.33. The molecule has 80 valence electrons. The highest BCUT2D eigenvalue weighted by Crippen LogP contribution is 2.19. The molecule has 1 atom stereocenters. The van der Waals surface area contributed by atoms with Crippen molar-refractivity contribution in [2.24, 2.45) is 5.73 Å². The summed E-state index contributed by atoms with van der Waals surface area (Å²) in [4.78, 5) is 0. The summed E-state index contributed by atoms with van der Waals surface area (Å²) in [6, 6.07) is 3.97. The van der Waals surface area contributed by atoms with E-state index >= 15 is 0 Å². The summed E-state index contributed by atoms with van der Waals surface area (Å²) in [5, 5.41) is 0.457. The number of hydrogen-bond donors (Lipinski definition) is 1. The maximum atomic E-state index is 5.88. The summed E-state index contributed by atoms with van der Waals surface area (Å²) in [6.07, 6.45) is 2.24. The molecule has 0 aromatic carbocycles. The van der Waals surface area contributed by atoms with Crippen LogP contribution in [0.15, 0.2) is 16.5 Å². The van der Waals surface area contributed by atoms with E-state index in [9.17, 15) is 0 Å². The molecule has 1 aromatic rings. The average Bonchev–Trinajstić information content (AvgIpc) is 2.52. The summed E-state index contributed by atoms with van der Waals surface area (Å²) in [5.41, 5.74) is 5.88. The second-order valence-electron chi connectivity index (χ2n) is 3.27. The van der Waals surface area contributed by atoms with Crippen LogP contribution in [0.3, 0.4) is 0 Å². The Kier molecular flexibility index (Phi) is 5.45. The van der Waals surface area contributed by atoms with Crippen molar-refractivity contribution in [2.75, 3.05) is 5.75 Å². The predicted octanol–water partition coefficient (Wildman–Crippen LogP) is 3.29. The van der Waals surface area contributed by atoms with Gasteiger partial charge in [0.1, 0.15) is 5.76 Å². The van der Waals surface area contributed by atoms with Gasteiger partial charge >= 0.3 is 0 Å². The lowest BCUT2D eigenvalue weighted by atomic mass is 10.2. The molecule has 0 aliphatic rings. The van der Waals surface area contributed by atoms with Gasteiger partial charge in [0.25, 0.3) is 0 Å². The molecular formula is C10H16ClNOS. The molecule has 1 rings (SSSR count). The summed E-state index contributed by atoms with van der Waals surface area (Å²) >= 11 is 7.44. The first kappa shape index (κ1) is 12.0. The second-order valence-corrected chi connectivity index (χ2v) is 4.67. The van der Waals surface area contributed by atoms with Crippen molar-refractivity contribution < 1.29 is 4.42 Å². The fourth-order valence-electron chi connectivity index (χ4n) is 1.19. The third-order valence-electron chi connectivity index (χ3n) is 1.86. The highest BCUT2D eigenvalue weighted by Gasteiger charge is 2.03. The molecule has 1 unspecified atom stereocenters. The van der Waals surface area contributed by atoms with Gasteiger partial charge < -0.3 is 10.2 Å². The first-order chi connectivity index (χ1) is 6.72. The molecular weight excluding hydrogens is 218 g/mol. The molecule has 2 N–H and O–H groups in total. The Morgan fingerprint density at radius 3 is 2.93 bits per heavy atom. The SMILES string of the molecule is CCCC(N)CSCc1ccc(Cl)o1. The van der Waals surface area contributed by atoms with Gasteiger partial charge in [-0.05, 0) is 30.2 Å². The van der Waals surface area contributed by atoms with Crippen LogP contribution >= 0.6 is 23.4 Å².